The summed E-state index contributed by atoms with van der Waals surface area (Å²) in [5.74, 6) is -1.26. The van der Waals surface area contributed by atoms with Gasteiger partial charge in [0.05, 0.1) is 6.61 Å². The van der Waals surface area contributed by atoms with Gasteiger partial charge in [0.1, 0.15) is 35.9 Å². The molecule has 0 bridgehead atoms. The first kappa shape index (κ1) is 22.5. The van der Waals surface area contributed by atoms with Crippen molar-refractivity contribution >= 4 is 12.0 Å². The Morgan fingerprint density at radius 3 is 2.29 bits per heavy atom. The van der Waals surface area contributed by atoms with Gasteiger partial charge in [-0.2, -0.15) is 0 Å². The lowest BCUT2D eigenvalue weighted by atomic mass is 9.99. The molecule has 2 aromatic rings. The van der Waals surface area contributed by atoms with Crippen LogP contribution in [0.15, 0.2) is 48.5 Å². The molecule has 10 nitrogen and oxygen atoms in total. The number of hydrogen-bond donors (Lipinski definition) is 6. The maximum Gasteiger partial charge on any atom is 0.336 e. The van der Waals surface area contributed by atoms with E-state index in [9.17, 15) is 35.4 Å². The van der Waals surface area contributed by atoms with Gasteiger partial charge in [-0.3, -0.25) is 0 Å². The van der Waals surface area contributed by atoms with Crippen LogP contribution in [0.3, 0.4) is 0 Å². The smallest absolute Gasteiger partial charge is 0.336 e. The van der Waals surface area contributed by atoms with Crippen LogP contribution in [0.5, 0.6) is 23.0 Å². The molecule has 2 aromatic carbocycles. The number of aromatic hydroxyl groups is 2. The molecule has 1 heterocycles. The summed E-state index contributed by atoms with van der Waals surface area (Å²) in [5.41, 5.74) is 0.628. The third-order valence-electron chi connectivity index (χ3n) is 4.53. The zero-order chi connectivity index (χ0) is 22.5. The zero-order valence-corrected chi connectivity index (χ0v) is 16.1. The standard InChI is InChI=1S/C21H22O10/c22-10-16-18(26)19(27)20(28)21(31-16)30-14-7-6-13(24)9-15(14)29-17(25)8-3-11-1-4-12(23)5-2-11/h1-9,16,18-24,26-28H,10H2/b8-3+/t16-,18-,19+,20-,21-/m1/s1. The first-order valence-electron chi connectivity index (χ1n) is 9.27. The number of aliphatic hydroxyl groups excluding tert-OH is 4. The molecular weight excluding hydrogens is 412 g/mol. The summed E-state index contributed by atoms with van der Waals surface area (Å²) in [4.78, 5) is 12.2. The molecular formula is C21H22O10. The van der Waals surface area contributed by atoms with Crippen LogP contribution >= 0.6 is 0 Å². The zero-order valence-electron chi connectivity index (χ0n) is 16.1. The van der Waals surface area contributed by atoms with Crippen LogP contribution in [0.4, 0.5) is 0 Å². The van der Waals surface area contributed by atoms with Gasteiger partial charge in [-0.25, -0.2) is 4.79 Å². The van der Waals surface area contributed by atoms with Gasteiger partial charge in [-0.05, 0) is 35.9 Å². The second-order valence-corrected chi connectivity index (χ2v) is 6.79. The fourth-order valence-corrected chi connectivity index (χ4v) is 2.86. The summed E-state index contributed by atoms with van der Waals surface area (Å²) in [7, 11) is 0. The van der Waals surface area contributed by atoms with Crippen molar-refractivity contribution in [2.75, 3.05) is 6.61 Å². The van der Waals surface area contributed by atoms with Crippen LogP contribution in [-0.4, -0.2) is 73.9 Å². The minimum absolute atomic E-state index is 0.0782. The van der Waals surface area contributed by atoms with Gasteiger partial charge in [0.25, 0.3) is 0 Å². The SMILES string of the molecule is O=C(/C=C/c1ccc(O)cc1)Oc1cc(O)ccc1O[C@@H]1O[C@H](CO)[C@@H](O)[C@H](O)[C@H]1O. The van der Waals surface area contributed by atoms with E-state index in [1.165, 1.54) is 30.3 Å². The highest BCUT2D eigenvalue weighted by Crippen LogP contribution is 2.34. The number of benzene rings is 2. The first-order valence-corrected chi connectivity index (χ1v) is 9.27. The number of phenolic OH excluding ortho intramolecular Hbond substituents is 2. The largest absolute Gasteiger partial charge is 0.508 e. The Morgan fingerprint density at radius 2 is 1.61 bits per heavy atom. The summed E-state index contributed by atoms with van der Waals surface area (Å²) in [6.45, 7) is -0.635. The lowest BCUT2D eigenvalue weighted by molar-refractivity contribution is -0.277. The van der Waals surface area contributed by atoms with Crippen LogP contribution in [0, 0.1) is 0 Å². The number of esters is 1. The molecule has 166 valence electrons. The number of hydrogen-bond acceptors (Lipinski definition) is 10. The minimum Gasteiger partial charge on any atom is -0.508 e. The highest BCUT2D eigenvalue weighted by molar-refractivity contribution is 5.89. The Labute approximate surface area is 176 Å². The predicted octanol–water partition coefficient (Wildman–Crippen LogP) is -0.105. The highest BCUT2D eigenvalue weighted by atomic mass is 16.7. The molecule has 0 aromatic heterocycles. The monoisotopic (exact) mass is 434 g/mol. The van der Waals surface area contributed by atoms with Crippen LogP contribution < -0.4 is 9.47 Å². The molecule has 1 fully saturated rings. The van der Waals surface area contributed by atoms with Crippen molar-refractivity contribution in [2.24, 2.45) is 0 Å². The average Bonchev–Trinajstić information content (AvgIpc) is 2.75. The summed E-state index contributed by atoms with van der Waals surface area (Å²) in [5, 5.41) is 58.1. The van der Waals surface area contributed by atoms with Crippen LogP contribution in [0.25, 0.3) is 6.08 Å². The van der Waals surface area contributed by atoms with E-state index in [4.69, 9.17) is 14.2 Å². The first-order chi connectivity index (χ1) is 14.8. The van der Waals surface area contributed by atoms with Crippen LogP contribution in [0.1, 0.15) is 5.56 Å². The van der Waals surface area contributed by atoms with E-state index in [1.807, 2.05) is 0 Å². The maximum absolute atomic E-state index is 12.2. The maximum atomic E-state index is 12.2. The van der Waals surface area contributed by atoms with Gasteiger partial charge in [-0.1, -0.05) is 12.1 Å². The molecule has 1 saturated heterocycles. The molecule has 3 rings (SSSR count). The molecule has 0 unspecified atom stereocenters. The van der Waals surface area contributed by atoms with Crippen LogP contribution in [-0.2, 0) is 9.53 Å². The van der Waals surface area contributed by atoms with Crippen molar-refractivity contribution in [3.05, 3.63) is 54.1 Å². The van der Waals surface area contributed by atoms with E-state index in [2.05, 4.69) is 0 Å². The number of phenols is 2. The fourth-order valence-electron chi connectivity index (χ4n) is 2.86. The third-order valence-corrected chi connectivity index (χ3v) is 4.53. The summed E-state index contributed by atoms with van der Waals surface area (Å²) in [6.07, 6.45) is -4.97. The quantitative estimate of drug-likeness (QED) is 0.205. The molecule has 0 radical (unpaired) electrons. The van der Waals surface area contributed by atoms with Crippen molar-refractivity contribution in [1.82, 2.24) is 0 Å². The van der Waals surface area contributed by atoms with Crippen molar-refractivity contribution in [2.45, 2.75) is 30.7 Å². The van der Waals surface area contributed by atoms with Gasteiger partial charge in [0.2, 0.25) is 6.29 Å². The number of rotatable bonds is 6. The second kappa shape index (κ2) is 9.77. The molecule has 1 aliphatic heterocycles. The van der Waals surface area contributed by atoms with Gasteiger partial charge >= 0.3 is 5.97 Å². The summed E-state index contributed by atoms with van der Waals surface area (Å²) in [6, 6.07) is 9.67. The van der Waals surface area contributed by atoms with E-state index < -0.39 is 43.3 Å². The molecule has 0 aliphatic carbocycles. The number of carbonyl (C=O) groups excluding carboxylic acids is 1. The number of ether oxygens (including phenoxy) is 3. The third kappa shape index (κ3) is 5.51. The van der Waals surface area contributed by atoms with E-state index in [-0.39, 0.29) is 23.0 Å². The average molecular weight is 434 g/mol. The Kier molecular flexibility index (Phi) is 7.10. The Balaban J connectivity index is 1.74. The molecule has 31 heavy (non-hydrogen) atoms. The van der Waals surface area contributed by atoms with Crippen molar-refractivity contribution in [1.29, 1.82) is 0 Å². The van der Waals surface area contributed by atoms with E-state index in [0.717, 1.165) is 12.1 Å². The number of aliphatic hydroxyl groups is 4. The summed E-state index contributed by atoms with van der Waals surface area (Å²) < 4.78 is 15.9. The normalized spacial score (nSPS) is 26.0. The fraction of sp³-hybridized carbons (Fsp3) is 0.286. The summed E-state index contributed by atoms with van der Waals surface area (Å²) >= 11 is 0. The van der Waals surface area contributed by atoms with Gasteiger partial charge in [0, 0.05) is 12.1 Å². The lowest BCUT2D eigenvalue weighted by Gasteiger charge is -2.39. The Hall–Kier alpha value is -3.15. The Morgan fingerprint density at radius 1 is 0.935 bits per heavy atom. The highest BCUT2D eigenvalue weighted by Gasteiger charge is 2.45. The van der Waals surface area contributed by atoms with E-state index in [1.54, 1.807) is 12.1 Å². The van der Waals surface area contributed by atoms with Crippen molar-refractivity contribution < 1.29 is 49.6 Å². The van der Waals surface area contributed by atoms with E-state index >= 15 is 0 Å². The second-order valence-electron chi connectivity index (χ2n) is 6.79. The Bertz CT molecular complexity index is 924. The molecule has 5 atom stereocenters. The van der Waals surface area contributed by atoms with Crippen molar-refractivity contribution in [3.8, 4) is 23.0 Å². The number of carbonyl (C=O) groups is 1. The van der Waals surface area contributed by atoms with Crippen LogP contribution in [0.2, 0.25) is 0 Å². The minimum atomic E-state index is -1.66. The molecule has 0 saturated carbocycles. The van der Waals surface area contributed by atoms with Crippen molar-refractivity contribution in [3.63, 3.8) is 0 Å². The van der Waals surface area contributed by atoms with Gasteiger partial charge in [-0.15, -0.1) is 0 Å². The van der Waals surface area contributed by atoms with Gasteiger partial charge < -0.3 is 44.8 Å². The topological polar surface area (TPSA) is 166 Å². The van der Waals surface area contributed by atoms with Gasteiger partial charge in [0.15, 0.2) is 11.5 Å². The predicted molar refractivity (Wildman–Crippen MR) is 105 cm³/mol. The molecule has 1 aliphatic rings. The van der Waals surface area contributed by atoms with E-state index in [0.29, 0.717) is 5.56 Å². The molecule has 10 heteroatoms. The molecule has 0 amide bonds. The molecule has 0 spiro atoms. The lowest BCUT2D eigenvalue weighted by Crippen LogP contribution is -2.60. The molecule has 6 N–H and O–H groups in total.